The van der Waals surface area contributed by atoms with E-state index in [0.29, 0.717) is 0 Å². The molecule has 0 fully saturated rings. The Hall–Kier alpha value is -0.0800. The molecule has 1 heterocycles. The Bertz CT molecular complexity index is 339. The first-order valence-corrected chi connectivity index (χ1v) is 7.88. The average Bonchev–Trinajstić information content (AvgIpc) is 2.28. The van der Waals surface area contributed by atoms with Crippen LogP contribution in [0, 0.1) is 11.8 Å². The monoisotopic (exact) mass is 252 g/mol. The maximum Gasteiger partial charge on any atom is 0.0401 e. The summed E-state index contributed by atoms with van der Waals surface area (Å²) in [6.45, 7) is 6.91. The molecule has 0 saturated carbocycles. The number of rotatable bonds is 2. The second kappa shape index (κ2) is 5.50. The molecule has 2 unspecified atom stereocenters. The molecular weight excluding hydrogens is 232 g/mol. The fraction of sp³-hybridized carbons (Fsp3) is 0.571. The molecule has 0 aromatic heterocycles. The number of fused-ring (bicyclic) bond motifs is 1. The lowest BCUT2D eigenvalue weighted by Crippen LogP contribution is -2.21. The van der Waals surface area contributed by atoms with Crippen molar-refractivity contribution in [2.45, 2.75) is 38.9 Å². The van der Waals surface area contributed by atoms with Gasteiger partial charge in [-0.3, -0.25) is 0 Å². The second-order valence-corrected chi connectivity index (χ2v) is 6.92. The summed E-state index contributed by atoms with van der Waals surface area (Å²) < 4.78 is 0. The van der Waals surface area contributed by atoms with Gasteiger partial charge in [0.05, 0.1) is 0 Å². The minimum absolute atomic E-state index is 0.731. The molecule has 0 saturated heterocycles. The third kappa shape index (κ3) is 2.78. The Labute approximate surface area is 108 Å². The largest absolute Gasteiger partial charge is 0.124 e. The third-order valence-corrected chi connectivity index (χ3v) is 5.94. The first-order chi connectivity index (χ1) is 7.70. The van der Waals surface area contributed by atoms with E-state index in [1.54, 1.807) is 4.91 Å². The maximum atomic E-state index is 2.49. The summed E-state index contributed by atoms with van der Waals surface area (Å²) in [6.07, 6.45) is 9.46. The van der Waals surface area contributed by atoms with Crippen molar-refractivity contribution in [3.05, 3.63) is 33.4 Å². The molecule has 0 nitrogen and oxygen atoms in total. The standard InChI is InChI=1S/C14H20S2/c1-4-5-6-12-9-15-13-7-10(2)11(3)8-14(13)16-12/h5-6,8-11,13H,4,7H2,1-3H3/b6-5-/t10-,11?,13?/m1/s1. The smallest absolute Gasteiger partial charge is 0.0401 e. The van der Waals surface area contributed by atoms with Crippen LogP contribution in [0.2, 0.25) is 0 Å². The Morgan fingerprint density at radius 2 is 2.25 bits per heavy atom. The Kier molecular flexibility index (Phi) is 4.26. The first kappa shape index (κ1) is 12.4. The van der Waals surface area contributed by atoms with E-state index in [1.165, 1.54) is 11.3 Å². The molecule has 16 heavy (non-hydrogen) atoms. The highest BCUT2D eigenvalue weighted by molar-refractivity contribution is 8.12. The zero-order valence-corrected chi connectivity index (χ0v) is 11.9. The lowest BCUT2D eigenvalue weighted by atomic mass is 9.86. The highest BCUT2D eigenvalue weighted by Gasteiger charge is 2.29. The van der Waals surface area contributed by atoms with Gasteiger partial charge in [-0.05, 0) is 35.0 Å². The highest BCUT2D eigenvalue weighted by Crippen LogP contribution is 2.47. The van der Waals surface area contributed by atoms with Gasteiger partial charge in [0.2, 0.25) is 0 Å². The van der Waals surface area contributed by atoms with Crippen LogP contribution in [0.1, 0.15) is 33.6 Å². The summed E-state index contributed by atoms with van der Waals surface area (Å²) in [5.41, 5.74) is 0. The number of allylic oxidation sites excluding steroid dienone is 3. The molecule has 0 amide bonds. The average molecular weight is 252 g/mol. The van der Waals surface area contributed by atoms with Crippen molar-refractivity contribution in [1.29, 1.82) is 0 Å². The number of thioether (sulfide) groups is 2. The van der Waals surface area contributed by atoms with Gasteiger partial charge in [0.1, 0.15) is 0 Å². The molecule has 0 aromatic rings. The molecule has 0 N–H and O–H groups in total. The van der Waals surface area contributed by atoms with E-state index in [1.807, 2.05) is 23.5 Å². The van der Waals surface area contributed by atoms with E-state index < -0.39 is 0 Å². The van der Waals surface area contributed by atoms with E-state index in [-0.39, 0.29) is 0 Å². The van der Waals surface area contributed by atoms with Crippen molar-refractivity contribution < 1.29 is 0 Å². The summed E-state index contributed by atoms with van der Waals surface area (Å²) in [7, 11) is 0. The Balaban J connectivity index is 2.10. The van der Waals surface area contributed by atoms with Gasteiger partial charge in [-0.25, -0.2) is 0 Å². The quantitative estimate of drug-likeness (QED) is 0.662. The summed E-state index contributed by atoms with van der Waals surface area (Å²) in [4.78, 5) is 3.00. The molecule has 2 aliphatic rings. The maximum absolute atomic E-state index is 2.49. The Morgan fingerprint density at radius 3 is 3.00 bits per heavy atom. The minimum Gasteiger partial charge on any atom is -0.124 e. The summed E-state index contributed by atoms with van der Waals surface area (Å²) >= 11 is 3.98. The van der Waals surface area contributed by atoms with Crippen LogP contribution in [-0.4, -0.2) is 5.25 Å². The molecule has 3 atom stereocenters. The van der Waals surface area contributed by atoms with Crippen molar-refractivity contribution in [1.82, 2.24) is 0 Å². The van der Waals surface area contributed by atoms with Crippen LogP contribution in [0.15, 0.2) is 33.4 Å². The van der Waals surface area contributed by atoms with Crippen LogP contribution in [0.5, 0.6) is 0 Å². The van der Waals surface area contributed by atoms with Crippen LogP contribution < -0.4 is 0 Å². The lowest BCUT2D eigenvalue weighted by Gasteiger charge is -2.33. The van der Waals surface area contributed by atoms with E-state index in [9.17, 15) is 0 Å². The van der Waals surface area contributed by atoms with Crippen LogP contribution >= 0.6 is 23.5 Å². The molecule has 88 valence electrons. The number of hydrogen-bond acceptors (Lipinski definition) is 2. The van der Waals surface area contributed by atoms with Gasteiger partial charge in [-0.1, -0.05) is 50.8 Å². The van der Waals surface area contributed by atoms with Gasteiger partial charge in [0.15, 0.2) is 0 Å². The Morgan fingerprint density at radius 1 is 1.44 bits per heavy atom. The molecule has 0 bridgehead atoms. The zero-order chi connectivity index (χ0) is 11.5. The summed E-state index contributed by atoms with van der Waals surface area (Å²) in [5.74, 6) is 1.58. The van der Waals surface area contributed by atoms with Crippen LogP contribution in [0.25, 0.3) is 0 Å². The first-order valence-electron chi connectivity index (χ1n) is 6.12. The van der Waals surface area contributed by atoms with Gasteiger partial charge < -0.3 is 0 Å². The zero-order valence-electron chi connectivity index (χ0n) is 10.3. The second-order valence-electron chi connectivity index (χ2n) is 4.70. The highest BCUT2D eigenvalue weighted by atomic mass is 32.2. The molecule has 2 rings (SSSR count). The van der Waals surface area contributed by atoms with Crippen LogP contribution in [0.4, 0.5) is 0 Å². The summed E-state index contributed by atoms with van der Waals surface area (Å²) in [6, 6.07) is 0. The predicted octanol–water partition coefficient (Wildman–Crippen LogP) is 5.20. The SMILES string of the molecule is CC/C=C\C1=CSC2C[C@@H](C)C(C)C=C2S1. The van der Waals surface area contributed by atoms with E-state index in [0.717, 1.165) is 23.5 Å². The van der Waals surface area contributed by atoms with Gasteiger partial charge >= 0.3 is 0 Å². The molecule has 2 heteroatoms. The normalized spacial score (nSPS) is 34.6. The van der Waals surface area contributed by atoms with Crippen molar-refractivity contribution in [2.24, 2.45) is 11.8 Å². The fourth-order valence-electron chi connectivity index (χ4n) is 2.04. The van der Waals surface area contributed by atoms with E-state index in [4.69, 9.17) is 0 Å². The molecule has 1 aliphatic heterocycles. The summed E-state index contributed by atoms with van der Waals surface area (Å²) in [5, 5.41) is 3.07. The molecule has 1 aliphatic carbocycles. The predicted molar refractivity (Wildman–Crippen MR) is 77.5 cm³/mol. The lowest BCUT2D eigenvalue weighted by molar-refractivity contribution is 0.416. The topological polar surface area (TPSA) is 0 Å². The molecule has 0 spiro atoms. The molecule has 0 radical (unpaired) electrons. The van der Waals surface area contributed by atoms with Crippen LogP contribution in [0.3, 0.4) is 0 Å². The van der Waals surface area contributed by atoms with E-state index in [2.05, 4.69) is 44.4 Å². The number of hydrogen-bond donors (Lipinski definition) is 0. The van der Waals surface area contributed by atoms with Gasteiger partial charge in [0.25, 0.3) is 0 Å². The van der Waals surface area contributed by atoms with Crippen molar-refractivity contribution in [2.75, 3.05) is 0 Å². The van der Waals surface area contributed by atoms with Crippen molar-refractivity contribution >= 4 is 23.5 Å². The van der Waals surface area contributed by atoms with Crippen LogP contribution in [-0.2, 0) is 0 Å². The van der Waals surface area contributed by atoms with Crippen molar-refractivity contribution in [3.63, 3.8) is 0 Å². The molecule has 0 aromatic carbocycles. The fourth-order valence-corrected chi connectivity index (χ4v) is 4.66. The van der Waals surface area contributed by atoms with Gasteiger partial charge in [0, 0.05) is 10.2 Å². The van der Waals surface area contributed by atoms with Gasteiger partial charge in [-0.15, -0.1) is 11.8 Å². The van der Waals surface area contributed by atoms with E-state index >= 15 is 0 Å². The minimum atomic E-state index is 0.731. The third-order valence-electron chi connectivity index (χ3n) is 3.33. The van der Waals surface area contributed by atoms with Crippen molar-refractivity contribution in [3.8, 4) is 0 Å². The molecular formula is C14H20S2. The van der Waals surface area contributed by atoms with Gasteiger partial charge in [-0.2, -0.15) is 0 Å².